The monoisotopic (exact) mass is 386 g/mol. The van der Waals surface area contributed by atoms with Crippen molar-refractivity contribution in [1.82, 2.24) is 9.55 Å². The molecule has 1 aliphatic heterocycles. The fourth-order valence-corrected chi connectivity index (χ4v) is 3.08. The number of nitrogens with two attached hydrogens (primary N) is 3. The average Bonchev–Trinajstić information content (AvgIpc) is 2.86. The number of carbonyl (C=O) groups is 1. The topological polar surface area (TPSA) is 135 Å². The van der Waals surface area contributed by atoms with Gasteiger partial charge in [-0.05, 0) is 25.0 Å². The molecule has 0 radical (unpaired) electrons. The van der Waals surface area contributed by atoms with Gasteiger partial charge in [0.15, 0.2) is 0 Å². The van der Waals surface area contributed by atoms with Crippen molar-refractivity contribution in [2.45, 2.75) is 13.0 Å². The fourth-order valence-electron chi connectivity index (χ4n) is 2.87. The number of hydrogen-bond acceptors (Lipinski definition) is 5. The smallest absolute Gasteiger partial charge is 0.255 e. The molecule has 0 aliphatic carbocycles. The highest BCUT2D eigenvalue weighted by Crippen LogP contribution is 2.29. The van der Waals surface area contributed by atoms with E-state index in [2.05, 4.69) is 26.4 Å². The molecule has 1 aromatic carbocycles. The molecule has 8 nitrogen and oxygen atoms in total. The van der Waals surface area contributed by atoms with Crippen LogP contribution in [0.15, 0.2) is 28.4 Å². The second-order valence-electron chi connectivity index (χ2n) is 6.05. The molecule has 140 valence electrons. The third-order valence-corrected chi connectivity index (χ3v) is 4.60. The Kier molecular flexibility index (Phi) is 5.08. The number of primary amides is 1. The van der Waals surface area contributed by atoms with Crippen molar-refractivity contribution >= 4 is 34.4 Å². The second-order valence-corrected chi connectivity index (χ2v) is 6.46. The molecule has 1 aromatic heterocycles. The van der Waals surface area contributed by atoms with Crippen LogP contribution < -0.4 is 17.2 Å². The highest BCUT2D eigenvalue weighted by Gasteiger charge is 2.24. The van der Waals surface area contributed by atoms with Gasteiger partial charge >= 0.3 is 0 Å². The molecule has 2 aromatic rings. The Labute approximate surface area is 161 Å². The molecular formula is C18H19ClN6O2. The van der Waals surface area contributed by atoms with Crippen LogP contribution in [0.5, 0.6) is 0 Å². The Morgan fingerprint density at radius 2 is 2.07 bits per heavy atom. The predicted octanol–water partition coefficient (Wildman–Crippen LogP) is 0.606. The van der Waals surface area contributed by atoms with Crippen LogP contribution in [-0.4, -0.2) is 41.6 Å². The number of benzene rings is 1. The zero-order valence-electron chi connectivity index (χ0n) is 14.9. The van der Waals surface area contributed by atoms with Crippen LogP contribution >= 0.6 is 11.6 Å². The summed E-state index contributed by atoms with van der Waals surface area (Å²) >= 11 is 6.39. The first-order chi connectivity index (χ1) is 12.8. The van der Waals surface area contributed by atoms with Crippen LogP contribution in [0.3, 0.4) is 0 Å². The van der Waals surface area contributed by atoms with Crippen molar-refractivity contribution in [3.05, 3.63) is 39.8 Å². The summed E-state index contributed by atoms with van der Waals surface area (Å²) in [5, 5.41) is 0.446. The molecular weight excluding hydrogens is 368 g/mol. The maximum absolute atomic E-state index is 11.5. The van der Waals surface area contributed by atoms with E-state index in [0.717, 1.165) is 16.9 Å². The highest BCUT2D eigenvalue weighted by molar-refractivity contribution is 6.32. The van der Waals surface area contributed by atoms with Crippen molar-refractivity contribution in [2.75, 3.05) is 20.3 Å². The number of hydrogen-bond donors (Lipinski definition) is 3. The van der Waals surface area contributed by atoms with E-state index in [1.807, 2.05) is 13.0 Å². The Balaban J connectivity index is 2.05. The van der Waals surface area contributed by atoms with E-state index in [-0.39, 0.29) is 23.1 Å². The first-order valence-corrected chi connectivity index (χ1v) is 8.51. The number of allylic oxidation sites excluding steroid dienone is 1. The van der Waals surface area contributed by atoms with Gasteiger partial charge in [0.05, 0.1) is 41.0 Å². The molecule has 1 amide bonds. The Hall–Kier alpha value is -3.02. The minimum Gasteiger partial charge on any atom is -0.391 e. The van der Waals surface area contributed by atoms with Gasteiger partial charge < -0.3 is 26.5 Å². The minimum absolute atomic E-state index is 0.0740. The molecule has 1 saturated heterocycles. The molecule has 0 saturated carbocycles. The van der Waals surface area contributed by atoms with E-state index >= 15 is 0 Å². The Morgan fingerprint density at radius 1 is 1.37 bits per heavy atom. The molecule has 0 unspecified atom stereocenters. The zero-order chi connectivity index (χ0) is 19.7. The van der Waals surface area contributed by atoms with E-state index in [4.69, 9.17) is 33.5 Å². The van der Waals surface area contributed by atoms with Gasteiger partial charge in [0.2, 0.25) is 0 Å². The highest BCUT2D eigenvalue weighted by atomic mass is 35.5. The number of aromatic nitrogens is 2. The molecule has 3 rings (SSSR count). The molecule has 0 spiro atoms. The van der Waals surface area contributed by atoms with Crippen LogP contribution in [0.25, 0.3) is 11.0 Å². The molecule has 0 bridgehead atoms. The summed E-state index contributed by atoms with van der Waals surface area (Å²) in [6.45, 7) is 3.25. The molecule has 0 atom stereocenters. The summed E-state index contributed by atoms with van der Waals surface area (Å²) in [5.41, 5.74) is 18.8. The summed E-state index contributed by atoms with van der Waals surface area (Å²) < 4.78 is 7.38. The number of ether oxygens (including phenoxy) is 1. The van der Waals surface area contributed by atoms with E-state index in [1.54, 1.807) is 6.07 Å². The van der Waals surface area contributed by atoms with Crippen LogP contribution in [0, 0.1) is 18.8 Å². The van der Waals surface area contributed by atoms with Gasteiger partial charge in [0, 0.05) is 12.6 Å². The van der Waals surface area contributed by atoms with E-state index in [0.29, 0.717) is 23.8 Å². The van der Waals surface area contributed by atoms with Crippen LogP contribution in [-0.2, 0) is 9.53 Å². The second kappa shape index (κ2) is 7.31. The normalized spacial score (nSPS) is 15.7. The molecule has 6 N–H and O–H groups in total. The Bertz CT molecular complexity index is 1050. The third-order valence-electron chi connectivity index (χ3n) is 4.28. The van der Waals surface area contributed by atoms with Crippen molar-refractivity contribution in [3.63, 3.8) is 0 Å². The summed E-state index contributed by atoms with van der Waals surface area (Å²) in [5.74, 6) is 5.52. The van der Waals surface area contributed by atoms with Gasteiger partial charge in [-0.2, -0.15) is 0 Å². The van der Waals surface area contributed by atoms with Crippen molar-refractivity contribution in [2.24, 2.45) is 22.2 Å². The van der Waals surface area contributed by atoms with E-state index < -0.39 is 5.91 Å². The van der Waals surface area contributed by atoms with Crippen molar-refractivity contribution in [3.8, 4) is 11.8 Å². The quantitative estimate of drug-likeness (QED) is 0.307. The number of aryl methyl sites for hydroxylation is 1. The van der Waals surface area contributed by atoms with E-state index in [1.165, 1.54) is 7.05 Å². The van der Waals surface area contributed by atoms with Gasteiger partial charge in [-0.1, -0.05) is 17.5 Å². The molecule has 2 heterocycles. The SMILES string of the molecule is CN=C(N)/C(C(N)=O)=C(\N)C#Cc1cc2nc(C)n(C3COC3)c2cc1Cl. The first-order valence-electron chi connectivity index (χ1n) is 8.13. The maximum atomic E-state index is 11.5. The Morgan fingerprint density at radius 3 is 2.63 bits per heavy atom. The molecule has 1 aliphatic rings. The number of nitrogens with zero attached hydrogens (tertiary/aromatic N) is 3. The summed E-state index contributed by atoms with van der Waals surface area (Å²) in [4.78, 5) is 19.8. The number of aliphatic imine (C=N–C) groups is 1. The summed E-state index contributed by atoms with van der Waals surface area (Å²) in [6.07, 6.45) is 0. The summed E-state index contributed by atoms with van der Waals surface area (Å²) in [6, 6.07) is 3.86. The molecule has 1 fully saturated rings. The lowest BCUT2D eigenvalue weighted by atomic mass is 10.1. The summed E-state index contributed by atoms with van der Waals surface area (Å²) in [7, 11) is 1.43. The van der Waals surface area contributed by atoms with Crippen LogP contribution in [0.1, 0.15) is 17.4 Å². The van der Waals surface area contributed by atoms with Crippen molar-refractivity contribution < 1.29 is 9.53 Å². The van der Waals surface area contributed by atoms with Gasteiger partial charge in [0.1, 0.15) is 17.2 Å². The molecule has 27 heavy (non-hydrogen) atoms. The predicted molar refractivity (Wildman–Crippen MR) is 104 cm³/mol. The lowest BCUT2D eigenvalue weighted by Crippen LogP contribution is -2.31. The number of halogens is 1. The largest absolute Gasteiger partial charge is 0.391 e. The van der Waals surface area contributed by atoms with Gasteiger partial charge in [-0.15, -0.1) is 0 Å². The number of amides is 1. The zero-order valence-corrected chi connectivity index (χ0v) is 15.7. The third kappa shape index (κ3) is 3.47. The number of carbonyl (C=O) groups excluding carboxylic acids is 1. The van der Waals surface area contributed by atoms with E-state index in [9.17, 15) is 4.79 Å². The standard InChI is InChI=1S/C18H19ClN6O2/c1-9-24-14-5-10(3-4-13(20)16(18(22)26)17(21)23-2)12(19)6-15(14)25(9)11-7-27-8-11/h5-6,11H,7-8,20H2,1-2H3,(H2,21,23)(H2,22,26)/b16-13+. The molecule has 9 heteroatoms. The minimum atomic E-state index is -0.802. The van der Waals surface area contributed by atoms with Gasteiger partial charge in [-0.25, -0.2) is 4.98 Å². The van der Waals surface area contributed by atoms with Crippen molar-refractivity contribution in [1.29, 1.82) is 0 Å². The number of fused-ring (bicyclic) bond motifs is 1. The van der Waals surface area contributed by atoms with Gasteiger partial charge in [0.25, 0.3) is 5.91 Å². The average molecular weight is 387 g/mol. The van der Waals surface area contributed by atoms with Gasteiger partial charge in [-0.3, -0.25) is 9.79 Å². The number of rotatable bonds is 3. The lowest BCUT2D eigenvalue weighted by molar-refractivity contribution is -0.114. The number of imidazole rings is 1. The fraction of sp³-hybridized carbons (Fsp3) is 0.278. The maximum Gasteiger partial charge on any atom is 0.255 e. The van der Waals surface area contributed by atoms with Crippen LogP contribution in [0.2, 0.25) is 5.02 Å². The van der Waals surface area contributed by atoms with Crippen LogP contribution in [0.4, 0.5) is 0 Å². The number of amidine groups is 1. The lowest BCUT2D eigenvalue weighted by Gasteiger charge is -2.28. The first kappa shape index (κ1) is 18.8.